The van der Waals surface area contributed by atoms with Gasteiger partial charge in [0.15, 0.2) is 0 Å². The lowest BCUT2D eigenvalue weighted by molar-refractivity contribution is -0.118. The molecule has 2 unspecified atom stereocenters. The number of hydrogen-bond acceptors (Lipinski definition) is 4. The van der Waals surface area contributed by atoms with E-state index in [4.69, 9.17) is 10.5 Å². The summed E-state index contributed by atoms with van der Waals surface area (Å²) in [6.07, 6.45) is 1.68. The molecule has 0 fully saturated rings. The van der Waals surface area contributed by atoms with E-state index in [2.05, 4.69) is 10.6 Å². The normalized spacial score (nSPS) is 15.3. The minimum Gasteiger partial charge on any atom is -0.445 e. The molecule has 0 spiro atoms. The van der Waals surface area contributed by atoms with E-state index >= 15 is 0 Å². The second-order valence-corrected chi connectivity index (χ2v) is 7.66. The molecule has 0 saturated carbocycles. The highest BCUT2D eigenvalue weighted by molar-refractivity contribution is 5.97. The molecule has 1 aliphatic rings. The molecule has 1 aliphatic carbocycles. The zero-order valence-electron chi connectivity index (χ0n) is 17.5. The predicted molar refractivity (Wildman–Crippen MR) is 125 cm³/mol. The van der Waals surface area contributed by atoms with Crippen LogP contribution in [0.2, 0.25) is 0 Å². The van der Waals surface area contributed by atoms with Crippen LogP contribution in [0.15, 0.2) is 91.0 Å². The highest BCUT2D eigenvalue weighted by atomic mass is 16.5. The number of carbonyl (C=O) groups is 2. The van der Waals surface area contributed by atoms with Crippen LogP contribution >= 0.6 is 0 Å². The minimum absolute atomic E-state index is 0.0248. The lowest BCUT2D eigenvalue weighted by atomic mass is 10.1. The number of anilines is 1. The molecule has 0 bridgehead atoms. The van der Waals surface area contributed by atoms with E-state index in [1.807, 2.05) is 91.0 Å². The van der Waals surface area contributed by atoms with Gasteiger partial charge in [0.05, 0.1) is 0 Å². The Bertz CT molecular complexity index is 1100. The Morgan fingerprint density at radius 2 is 1.47 bits per heavy atom. The Morgan fingerprint density at radius 1 is 0.875 bits per heavy atom. The van der Waals surface area contributed by atoms with E-state index in [9.17, 15) is 9.59 Å². The number of nitrogens with two attached hydrogens (primary N) is 1. The number of alkyl carbamates (subject to hydrolysis) is 1. The van der Waals surface area contributed by atoms with Gasteiger partial charge in [-0.1, -0.05) is 78.9 Å². The number of hydrogen-bond donors (Lipinski definition) is 3. The van der Waals surface area contributed by atoms with Gasteiger partial charge in [0, 0.05) is 18.2 Å². The van der Waals surface area contributed by atoms with Gasteiger partial charge in [0.25, 0.3) is 0 Å². The van der Waals surface area contributed by atoms with Gasteiger partial charge in [0.1, 0.15) is 12.6 Å². The predicted octanol–water partition coefficient (Wildman–Crippen LogP) is 3.89. The van der Waals surface area contributed by atoms with E-state index in [1.165, 1.54) is 0 Å². The van der Waals surface area contributed by atoms with Crippen LogP contribution in [0.25, 0.3) is 5.57 Å². The quantitative estimate of drug-likeness (QED) is 0.508. The van der Waals surface area contributed by atoms with Crippen LogP contribution in [-0.2, 0) is 22.6 Å². The first-order valence-corrected chi connectivity index (χ1v) is 10.5. The van der Waals surface area contributed by atoms with Crippen molar-refractivity contribution < 1.29 is 14.3 Å². The van der Waals surface area contributed by atoms with E-state index in [1.54, 1.807) is 0 Å². The van der Waals surface area contributed by atoms with Crippen molar-refractivity contribution in [2.45, 2.75) is 25.1 Å². The summed E-state index contributed by atoms with van der Waals surface area (Å²) in [4.78, 5) is 25.4. The van der Waals surface area contributed by atoms with Crippen molar-refractivity contribution in [2.24, 2.45) is 5.73 Å². The van der Waals surface area contributed by atoms with E-state index in [0.29, 0.717) is 12.1 Å². The average Bonchev–Trinajstić information content (AvgIpc) is 3.55. The molecule has 162 valence electrons. The summed E-state index contributed by atoms with van der Waals surface area (Å²) >= 11 is 0. The van der Waals surface area contributed by atoms with Gasteiger partial charge >= 0.3 is 6.09 Å². The van der Waals surface area contributed by atoms with E-state index in [0.717, 1.165) is 22.3 Å². The monoisotopic (exact) mass is 427 g/mol. The second kappa shape index (κ2) is 9.94. The third-order valence-corrected chi connectivity index (χ3v) is 5.20. The van der Waals surface area contributed by atoms with Crippen molar-refractivity contribution >= 4 is 23.3 Å². The highest BCUT2D eigenvalue weighted by Crippen LogP contribution is 2.30. The smallest absolute Gasteiger partial charge is 0.408 e. The number of amides is 2. The summed E-state index contributed by atoms with van der Waals surface area (Å²) in [5.41, 5.74) is 10.4. The summed E-state index contributed by atoms with van der Waals surface area (Å²) in [5, 5.41) is 5.58. The third kappa shape index (κ3) is 5.83. The zero-order chi connectivity index (χ0) is 22.3. The number of nitrogens with one attached hydrogen (secondary N) is 2. The van der Waals surface area contributed by atoms with Gasteiger partial charge in [-0.25, -0.2) is 4.79 Å². The Labute approximate surface area is 187 Å². The second-order valence-electron chi connectivity index (χ2n) is 7.66. The topological polar surface area (TPSA) is 93.5 Å². The standard InChI is InChI=1S/C26H25N3O3/c27-23-16-22(23)20-11-13-21(14-12-20)28-25(30)24(15-18-7-3-1-4-8-18)29-26(31)32-17-19-9-5-2-6-10-19/h1-14,16,23-24H,15,17,27H2,(H,28,30)(H,29,31). The van der Waals surface area contributed by atoms with E-state index < -0.39 is 12.1 Å². The maximum atomic E-state index is 13.0. The molecular formula is C26H25N3O3. The molecule has 6 heteroatoms. The van der Waals surface area contributed by atoms with Crippen LogP contribution in [0.5, 0.6) is 0 Å². The summed E-state index contributed by atoms with van der Waals surface area (Å²) < 4.78 is 5.31. The largest absolute Gasteiger partial charge is 0.445 e. The van der Waals surface area contributed by atoms with Gasteiger partial charge in [0.2, 0.25) is 5.91 Å². The Kier molecular flexibility index (Phi) is 6.63. The highest BCUT2D eigenvalue weighted by Gasteiger charge is 2.23. The number of benzene rings is 3. The van der Waals surface area contributed by atoms with Crippen LogP contribution in [0, 0.1) is 0 Å². The lowest BCUT2D eigenvalue weighted by Crippen LogP contribution is -2.45. The lowest BCUT2D eigenvalue weighted by Gasteiger charge is -2.19. The number of carbonyl (C=O) groups excluding carboxylic acids is 2. The molecule has 3 aromatic rings. The first-order valence-electron chi connectivity index (χ1n) is 10.5. The van der Waals surface area contributed by atoms with Gasteiger partial charge < -0.3 is 21.1 Å². The van der Waals surface area contributed by atoms with E-state index in [-0.39, 0.29) is 18.6 Å². The SMILES string of the molecule is NC1C=C1c1ccc(NC(=O)C(Cc2ccccc2)NC(=O)OCc2ccccc2)cc1. The molecule has 6 nitrogen and oxygen atoms in total. The maximum Gasteiger partial charge on any atom is 0.408 e. The van der Waals surface area contributed by atoms with Crippen molar-refractivity contribution in [3.8, 4) is 0 Å². The van der Waals surface area contributed by atoms with Crippen molar-refractivity contribution in [2.75, 3.05) is 5.32 Å². The number of rotatable bonds is 8. The van der Waals surface area contributed by atoms with Gasteiger partial charge in [-0.05, 0) is 34.4 Å². The van der Waals surface area contributed by atoms with Gasteiger partial charge in [-0.15, -0.1) is 0 Å². The molecular weight excluding hydrogens is 402 g/mol. The molecule has 4 N–H and O–H groups in total. The molecule has 0 aromatic heterocycles. The fourth-order valence-electron chi connectivity index (χ4n) is 3.38. The Morgan fingerprint density at radius 3 is 2.06 bits per heavy atom. The van der Waals surface area contributed by atoms with Crippen molar-refractivity contribution in [1.29, 1.82) is 0 Å². The molecule has 2 amide bonds. The first-order chi connectivity index (χ1) is 15.6. The Hall–Kier alpha value is -3.90. The molecule has 2 atom stereocenters. The third-order valence-electron chi connectivity index (χ3n) is 5.20. The van der Waals surface area contributed by atoms with Gasteiger partial charge in [-0.3, -0.25) is 4.79 Å². The van der Waals surface area contributed by atoms with Crippen LogP contribution in [0.1, 0.15) is 16.7 Å². The minimum atomic E-state index is -0.792. The molecule has 0 saturated heterocycles. The molecule has 32 heavy (non-hydrogen) atoms. The van der Waals surface area contributed by atoms with Crippen LogP contribution in [0.3, 0.4) is 0 Å². The summed E-state index contributed by atoms with van der Waals surface area (Å²) in [5.74, 6) is -0.319. The average molecular weight is 428 g/mol. The first kappa shape index (κ1) is 21.3. The summed E-state index contributed by atoms with van der Waals surface area (Å²) in [7, 11) is 0. The van der Waals surface area contributed by atoms with Gasteiger partial charge in [-0.2, -0.15) is 0 Å². The molecule has 0 heterocycles. The van der Waals surface area contributed by atoms with Crippen LogP contribution in [-0.4, -0.2) is 24.1 Å². The van der Waals surface area contributed by atoms with Crippen LogP contribution in [0.4, 0.5) is 10.5 Å². The summed E-state index contributed by atoms with van der Waals surface area (Å²) in [6, 6.07) is 25.6. The van der Waals surface area contributed by atoms with Crippen molar-refractivity contribution in [1.82, 2.24) is 5.32 Å². The Balaban J connectivity index is 1.40. The fraction of sp³-hybridized carbons (Fsp3) is 0.154. The molecule has 0 aliphatic heterocycles. The van der Waals surface area contributed by atoms with Crippen LogP contribution < -0.4 is 16.4 Å². The molecule has 4 rings (SSSR count). The van der Waals surface area contributed by atoms with Crippen molar-refractivity contribution in [3.05, 3.63) is 108 Å². The van der Waals surface area contributed by atoms with Crippen molar-refractivity contribution in [3.63, 3.8) is 0 Å². The molecule has 0 radical (unpaired) electrons. The number of ether oxygens (including phenoxy) is 1. The summed E-state index contributed by atoms with van der Waals surface area (Å²) in [6.45, 7) is 0.131. The fourth-order valence-corrected chi connectivity index (χ4v) is 3.38. The maximum absolute atomic E-state index is 13.0. The zero-order valence-corrected chi connectivity index (χ0v) is 17.5. The molecule has 3 aromatic carbocycles.